The zero-order valence-electron chi connectivity index (χ0n) is 20.2. The first-order valence-electron chi connectivity index (χ1n) is 11.9. The van der Waals surface area contributed by atoms with Crippen molar-refractivity contribution in [1.29, 1.82) is 0 Å². The minimum absolute atomic E-state index is 0.131. The van der Waals surface area contributed by atoms with E-state index in [-0.39, 0.29) is 36.6 Å². The van der Waals surface area contributed by atoms with Crippen LogP contribution >= 0.6 is 0 Å². The van der Waals surface area contributed by atoms with Crippen LogP contribution in [0.2, 0.25) is 0 Å². The van der Waals surface area contributed by atoms with Gasteiger partial charge in [-0.25, -0.2) is 0 Å². The second kappa shape index (κ2) is 11.6. The lowest BCUT2D eigenvalue weighted by Gasteiger charge is -2.29. The van der Waals surface area contributed by atoms with Crippen LogP contribution < -0.4 is 5.32 Å². The SMILES string of the molecule is CCCCNC(=O)C(C)N(Cc1ccc(C)cc1)C(=O)CCCN1C(=O)c2ccccc2C1=O. The summed E-state index contributed by atoms with van der Waals surface area (Å²) >= 11 is 0. The largest absolute Gasteiger partial charge is 0.354 e. The molecule has 1 aliphatic heterocycles. The number of carbonyl (C=O) groups is 4. The monoisotopic (exact) mass is 463 g/mol. The molecule has 1 aliphatic rings. The quantitative estimate of drug-likeness (QED) is 0.407. The standard InChI is InChI=1S/C27H33N3O4/c1-4-5-16-28-25(32)20(3)30(18-21-14-12-19(2)13-15-21)24(31)11-8-17-29-26(33)22-9-6-7-10-23(22)27(29)34/h6-7,9-10,12-15,20H,4-5,8,11,16-18H2,1-3H3,(H,28,32). The molecule has 3 rings (SSSR count). The van der Waals surface area contributed by atoms with E-state index < -0.39 is 6.04 Å². The molecule has 34 heavy (non-hydrogen) atoms. The number of hydrogen-bond acceptors (Lipinski definition) is 4. The molecule has 0 aromatic heterocycles. The number of rotatable bonds is 11. The number of imide groups is 1. The Morgan fingerprint density at radius 1 is 0.971 bits per heavy atom. The summed E-state index contributed by atoms with van der Waals surface area (Å²) in [6.07, 6.45) is 2.31. The maximum absolute atomic E-state index is 13.2. The summed E-state index contributed by atoms with van der Waals surface area (Å²) in [5.74, 6) is -1.02. The van der Waals surface area contributed by atoms with Crippen molar-refractivity contribution in [2.75, 3.05) is 13.1 Å². The van der Waals surface area contributed by atoms with Gasteiger partial charge in [0.25, 0.3) is 11.8 Å². The third kappa shape index (κ3) is 5.90. The molecule has 7 nitrogen and oxygen atoms in total. The molecular weight excluding hydrogens is 430 g/mol. The maximum Gasteiger partial charge on any atom is 0.261 e. The minimum atomic E-state index is -0.634. The second-order valence-electron chi connectivity index (χ2n) is 8.74. The smallest absolute Gasteiger partial charge is 0.261 e. The second-order valence-corrected chi connectivity index (χ2v) is 8.74. The van der Waals surface area contributed by atoms with E-state index in [0.29, 0.717) is 30.6 Å². The Bertz CT molecular complexity index is 1010. The highest BCUT2D eigenvalue weighted by molar-refractivity contribution is 6.21. The highest BCUT2D eigenvalue weighted by Crippen LogP contribution is 2.23. The van der Waals surface area contributed by atoms with Crippen LogP contribution in [0.5, 0.6) is 0 Å². The van der Waals surface area contributed by atoms with Crippen molar-refractivity contribution >= 4 is 23.6 Å². The molecule has 0 saturated heterocycles. The number of unbranched alkanes of at least 4 members (excludes halogenated alkanes) is 1. The molecule has 1 N–H and O–H groups in total. The molecule has 2 aromatic carbocycles. The Balaban J connectivity index is 1.64. The van der Waals surface area contributed by atoms with E-state index in [1.807, 2.05) is 31.2 Å². The average molecular weight is 464 g/mol. The van der Waals surface area contributed by atoms with Crippen molar-refractivity contribution in [3.05, 3.63) is 70.8 Å². The first-order chi connectivity index (χ1) is 16.3. The van der Waals surface area contributed by atoms with Crippen LogP contribution in [0.15, 0.2) is 48.5 Å². The lowest BCUT2D eigenvalue weighted by Crippen LogP contribution is -2.47. The van der Waals surface area contributed by atoms with Crippen molar-refractivity contribution in [2.24, 2.45) is 0 Å². The summed E-state index contributed by atoms with van der Waals surface area (Å²) in [6, 6.07) is 14.0. The van der Waals surface area contributed by atoms with Crippen LogP contribution in [0.25, 0.3) is 0 Å². The normalized spacial score (nSPS) is 13.6. The van der Waals surface area contributed by atoms with Crippen molar-refractivity contribution in [3.8, 4) is 0 Å². The Labute approximate surface area is 201 Å². The van der Waals surface area contributed by atoms with E-state index in [0.717, 1.165) is 24.0 Å². The molecule has 0 saturated carbocycles. The Hall–Kier alpha value is -3.48. The van der Waals surface area contributed by atoms with Crippen molar-refractivity contribution < 1.29 is 19.2 Å². The summed E-state index contributed by atoms with van der Waals surface area (Å²) in [7, 11) is 0. The van der Waals surface area contributed by atoms with Crippen LogP contribution in [0.3, 0.4) is 0 Å². The highest BCUT2D eigenvalue weighted by atomic mass is 16.2. The zero-order chi connectivity index (χ0) is 24.7. The minimum Gasteiger partial charge on any atom is -0.354 e. The molecule has 7 heteroatoms. The summed E-state index contributed by atoms with van der Waals surface area (Å²) in [5, 5.41) is 2.91. The number of aryl methyl sites for hydroxylation is 1. The Morgan fingerprint density at radius 2 is 1.59 bits per heavy atom. The summed E-state index contributed by atoms with van der Waals surface area (Å²) < 4.78 is 0. The Morgan fingerprint density at radius 3 is 2.18 bits per heavy atom. The van der Waals surface area contributed by atoms with Gasteiger partial charge in [0.1, 0.15) is 6.04 Å². The summed E-state index contributed by atoms with van der Waals surface area (Å²) in [6.45, 7) is 6.83. The van der Waals surface area contributed by atoms with Crippen molar-refractivity contribution in [3.63, 3.8) is 0 Å². The van der Waals surface area contributed by atoms with E-state index in [9.17, 15) is 19.2 Å². The van der Waals surface area contributed by atoms with Crippen LogP contribution in [-0.2, 0) is 16.1 Å². The third-order valence-electron chi connectivity index (χ3n) is 6.12. The lowest BCUT2D eigenvalue weighted by molar-refractivity contribution is -0.140. The van der Waals surface area contributed by atoms with Gasteiger partial charge in [-0.2, -0.15) is 0 Å². The molecule has 1 heterocycles. The number of fused-ring (bicyclic) bond motifs is 1. The predicted molar refractivity (Wildman–Crippen MR) is 130 cm³/mol. The van der Waals surface area contributed by atoms with E-state index >= 15 is 0 Å². The first kappa shape index (κ1) is 25.1. The maximum atomic E-state index is 13.2. The van der Waals surface area contributed by atoms with Crippen molar-refractivity contribution in [1.82, 2.24) is 15.1 Å². The molecule has 4 amide bonds. The molecular formula is C27H33N3O4. The summed E-state index contributed by atoms with van der Waals surface area (Å²) in [4.78, 5) is 53.8. The Kier molecular flexibility index (Phi) is 8.57. The van der Waals surface area contributed by atoms with Gasteiger partial charge < -0.3 is 10.2 Å². The molecule has 0 radical (unpaired) electrons. The molecule has 0 aliphatic carbocycles. The topological polar surface area (TPSA) is 86.8 Å². The predicted octanol–water partition coefficient (Wildman–Crippen LogP) is 3.70. The number of nitrogens with zero attached hydrogens (tertiary/aromatic N) is 2. The fourth-order valence-corrected chi connectivity index (χ4v) is 3.98. The number of carbonyl (C=O) groups excluding carboxylic acids is 4. The van der Waals surface area contributed by atoms with E-state index in [1.54, 1.807) is 36.1 Å². The van der Waals surface area contributed by atoms with Gasteiger partial charge >= 0.3 is 0 Å². The molecule has 0 bridgehead atoms. The molecule has 180 valence electrons. The van der Waals surface area contributed by atoms with E-state index in [2.05, 4.69) is 12.2 Å². The average Bonchev–Trinajstić information content (AvgIpc) is 3.08. The molecule has 1 atom stereocenters. The van der Waals surface area contributed by atoms with Gasteiger partial charge in [0.15, 0.2) is 0 Å². The van der Waals surface area contributed by atoms with Gasteiger partial charge in [-0.05, 0) is 44.4 Å². The zero-order valence-corrected chi connectivity index (χ0v) is 20.2. The molecule has 1 unspecified atom stereocenters. The molecule has 2 aromatic rings. The third-order valence-corrected chi connectivity index (χ3v) is 6.12. The van der Waals surface area contributed by atoms with Crippen molar-refractivity contribution in [2.45, 2.75) is 59.0 Å². The van der Waals surface area contributed by atoms with Crippen LogP contribution in [0.1, 0.15) is 71.4 Å². The summed E-state index contributed by atoms with van der Waals surface area (Å²) in [5.41, 5.74) is 2.86. The van der Waals surface area contributed by atoms with Crippen LogP contribution in [0.4, 0.5) is 0 Å². The van der Waals surface area contributed by atoms with Gasteiger partial charge in [-0.1, -0.05) is 55.3 Å². The fourth-order valence-electron chi connectivity index (χ4n) is 3.98. The first-order valence-corrected chi connectivity index (χ1v) is 11.9. The number of benzene rings is 2. The number of amides is 4. The van der Waals surface area contributed by atoms with Gasteiger partial charge in [0.2, 0.25) is 11.8 Å². The highest BCUT2D eigenvalue weighted by Gasteiger charge is 2.35. The fraction of sp³-hybridized carbons (Fsp3) is 0.407. The molecule has 0 spiro atoms. The van der Waals surface area contributed by atoms with Gasteiger partial charge in [0, 0.05) is 26.1 Å². The lowest BCUT2D eigenvalue weighted by atomic mass is 10.1. The number of nitrogens with one attached hydrogen (secondary N) is 1. The van der Waals surface area contributed by atoms with Gasteiger partial charge in [0.05, 0.1) is 11.1 Å². The van der Waals surface area contributed by atoms with E-state index in [4.69, 9.17) is 0 Å². The van der Waals surface area contributed by atoms with E-state index in [1.165, 1.54) is 4.90 Å². The van der Waals surface area contributed by atoms with Crippen LogP contribution in [-0.4, -0.2) is 52.6 Å². The van der Waals surface area contributed by atoms with Gasteiger partial charge in [-0.15, -0.1) is 0 Å². The number of hydrogen-bond donors (Lipinski definition) is 1. The van der Waals surface area contributed by atoms with Crippen LogP contribution in [0, 0.1) is 6.92 Å². The molecule has 0 fully saturated rings. The van der Waals surface area contributed by atoms with Gasteiger partial charge in [-0.3, -0.25) is 24.1 Å².